The molecule has 0 aliphatic carbocycles. The Bertz CT molecular complexity index is 743. The van der Waals surface area contributed by atoms with Crippen molar-refractivity contribution >= 4 is 5.69 Å². The molecule has 0 saturated heterocycles. The molecule has 2 heteroatoms. The van der Waals surface area contributed by atoms with Crippen LogP contribution in [0.1, 0.15) is 24.0 Å². The van der Waals surface area contributed by atoms with Gasteiger partial charge in [-0.15, -0.1) is 0 Å². The third kappa shape index (κ3) is 3.72. The molecule has 1 unspecified atom stereocenters. The Morgan fingerprint density at radius 3 is 2.65 bits per heavy atom. The Kier molecular flexibility index (Phi) is 4.62. The smallest absolute Gasteiger partial charge is 0.113 e. The van der Waals surface area contributed by atoms with Crippen molar-refractivity contribution in [1.29, 1.82) is 0 Å². The molecule has 0 radical (unpaired) electrons. The summed E-state index contributed by atoms with van der Waals surface area (Å²) in [5, 5.41) is 3.46. The van der Waals surface area contributed by atoms with E-state index < -0.39 is 0 Å². The molecule has 2 aromatic carbocycles. The number of hydrogen-bond donors (Lipinski definition) is 1. The van der Waals surface area contributed by atoms with E-state index in [1.807, 2.05) is 42.5 Å². The van der Waals surface area contributed by atoms with Crippen LogP contribution in [0.3, 0.4) is 0 Å². The summed E-state index contributed by atoms with van der Waals surface area (Å²) in [7, 11) is 0. The van der Waals surface area contributed by atoms with Gasteiger partial charge in [-0.1, -0.05) is 68.1 Å². The summed E-state index contributed by atoms with van der Waals surface area (Å²) in [4.78, 5) is 0. The van der Waals surface area contributed by atoms with Gasteiger partial charge < -0.3 is 10.1 Å². The zero-order chi connectivity index (χ0) is 16.1. The molecule has 0 saturated carbocycles. The van der Waals surface area contributed by atoms with Crippen molar-refractivity contribution < 1.29 is 4.74 Å². The molecular formula is C21H21NO. The predicted octanol–water partition coefficient (Wildman–Crippen LogP) is 5.39. The van der Waals surface area contributed by atoms with Crippen molar-refractivity contribution in [1.82, 2.24) is 0 Å². The molecule has 0 bridgehead atoms. The van der Waals surface area contributed by atoms with Gasteiger partial charge in [-0.25, -0.2) is 0 Å². The standard InChI is InChI=1S/C21H21NO/c1-16(23-15-18-10-4-3-5-11-18)9-8-14-20-17(2)19-12-6-7-13-21(19)22-20/h3-14,17,22H,1,15H2,2H3/b9-8-,20-14+. The largest absolute Gasteiger partial charge is 0.490 e. The summed E-state index contributed by atoms with van der Waals surface area (Å²) in [6.07, 6.45) is 5.97. The summed E-state index contributed by atoms with van der Waals surface area (Å²) >= 11 is 0. The van der Waals surface area contributed by atoms with Crippen molar-refractivity contribution in [3.05, 3.63) is 102 Å². The average molecular weight is 303 g/mol. The highest BCUT2D eigenvalue weighted by molar-refractivity contribution is 5.65. The van der Waals surface area contributed by atoms with E-state index in [0.717, 1.165) is 5.56 Å². The zero-order valence-corrected chi connectivity index (χ0v) is 13.3. The lowest BCUT2D eigenvalue weighted by molar-refractivity contribution is 0.212. The first-order valence-electron chi connectivity index (χ1n) is 7.84. The van der Waals surface area contributed by atoms with Crippen LogP contribution in [0.4, 0.5) is 5.69 Å². The third-order valence-electron chi connectivity index (χ3n) is 4.00. The minimum absolute atomic E-state index is 0.384. The fourth-order valence-corrected chi connectivity index (χ4v) is 2.66. The van der Waals surface area contributed by atoms with Crippen LogP contribution in [0.25, 0.3) is 0 Å². The number of allylic oxidation sites excluding steroid dienone is 4. The van der Waals surface area contributed by atoms with Gasteiger partial charge >= 0.3 is 0 Å². The SMILES string of the molecule is C=C(/C=C\C=C1\Nc2ccccc2C1C)OCc1ccccc1. The van der Waals surface area contributed by atoms with Gasteiger partial charge in [0, 0.05) is 17.3 Å². The van der Waals surface area contributed by atoms with Gasteiger partial charge in [-0.2, -0.15) is 0 Å². The van der Waals surface area contributed by atoms with Gasteiger partial charge in [-0.05, 0) is 29.3 Å². The van der Waals surface area contributed by atoms with Gasteiger partial charge in [-0.3, -0.25) is 0 Å². The van der Waals surface area contributed by atoms with Gasteiger partial charge in [0.25, 0.3) is 0 Å². The third-order valence-corrected chi connectivity index (χ3v) is 4.00. The first-order chi connectivity index (χ1) is 11.2. The zero-order valence-electron chi connectivity index (χ0n) is 13.3. The fourth-order valence-electron chi connectivity index (χ4n) is 2.66. The maximum atomic E-state index is 5.65. The average Bonchev–Trinajstić information content (AvgIpc) is 2.91. The molecule has 0 amide bonds. The highest BCUT2D eigenvalue weighted by atomic mass is 16.5. The molecule has 1 aliphatic heterocycles. The minimum Gasteiger partial charge on any atom is -0.490 e. The number of fused-ring (bicyclic) bond motifs is 1. The number of nitrogens with one attached hydrogen (secondary N) is 1. The van der Waals surface area contributed by atoms with Gasteiger partial charge in [0.1, 0.15) is 12.4 Å². The molecular weight excluding hydrogens is 282 g/mol. The molecule has 0 spiro atoms. The summed E-state index contributed by atoms with van der Waals surface area (Å²) in [5.41, 5.74) is 4.87. The Hall–Kier alpha value is -2.74. The molecule has 2 aromatic rings. The van der Waals surface area contributed by atoms with Crippen molar-refractivity contribution in [2.24, 2.45) is 0 Å². The van der Waals surface area contributed by atoms with Crippen molar-refractivity contribution in [2.75, 3.05) is 5.32 Å². The molecule has 1 aliphatic rings. The second-order valence-corrected chi connectivity index (χ2v) is 5.66. The second kappa shape index (κ2) is 7.01. The maximum Gasteiger partial charge on any atom is 0.113 e. The van der Waals surface area contributed by atoms with Gasteiger partial charge in [0.05, 0.1) is 0 Å². The van der Waals surface area contributed by atoms with Gasteiger partial charge in [0.15, 0.2) is 0 Å². The summed E-state index contributed by atoms with van der Waals surface area (Å²) < 4.78 is 5.65. The van der Waals surface area contributed by atoms with Crippen molar-refractivity contribution in [3.8, 4) is 0 Å². The molecule has 2 nitrogen and oxygen atoms in total. The molecule has 23 heavy (non-hydrogen) atoms. The van der Waals surface area contributed by atoms with E-state index in [1.165, 1.54) is 16.9 Å². The van der Waals surface area contributed by atoms with E-state index in [-0.39, 0.29) is 0 Å². The number of para-hydroxylation sites is 1. The Labute approximate surface area is 137 Å². The highest BCUT2D eigenvalue weighted by Crippen LogP contribution is 2.37. The van der Waals surface area contributed by atoms with Crippen LogP contribution in [-0.2, 0) is 11.3 Å². The molecule has 0 fully saturated rings. The van der Waals surface area contributed by atoms with E-state index in [4.69, 9.17) is 4.74 Å². The number of ether oxygens (including phenoxy) is 1. The minimum atomic E-state index is 0.384. The number of rotatable bonds is 5. The lowest BCUT2D eigenvalue weighted by Crippen LogP contribution is -1.95. The molecule has 116 valence electrons. The van der Waals surface area contributed by atoms with E-state index >= 15 is 0 Å². The van der Waals surface area contributed by atoms with E-state index in [1.54, 1.807) is 0 Å². The summed E-state index contributed by atoms with van der Waals surface area (Å²) in [5.74, 6) is 1.04. The van der Waals surface area contributed by atoms with E-state index in [2.05, 4.69) is 49.2 Å². The molecule has 0 aromatic heterocycles. The first-order valence-corrected chi connectivity index (χ1v) is 7.84. The lowest BCUT2D eigenvalue weighted by Gasteiger charge is -2.06. The lowest BCUT2D eigenvalue weighted by atomic mass is 10.0. The topological polar surface area (TPSA) is 21.3 Å². The van der Waals surface area contributed by atoms with E-state index in [9.17, 15) is 0 Å². The number of benzene rings is 2. The number of anilines is 1. The fraction of sp³-hybridized carbons (Fsp3) is 0.143. The molecule has 1 atom stereocenters. The van der Waals surface area contributed by atoms with Crippen LogP contribution in [0, 0.1) is 0 Å². The van der Waals surface area contributed by atoms with Crippen molar-refractivity contribution in [2.45, 2.75) is 19.4 Å². The van der Waals surface area contributed by atoms with Crippen LogP contribution >= 0.6 is 0 Å². The van der Waals surface area contributed by atoms with Gasteiger partial charge in [0.2, 0.25) is 0 Å². The van der Waals surface area contributed by atoms with Crippen LogP contribution in [0.2, 0.25) is 0 Å². The highest BCUT2D eigenvalue weighted by Gasteiger charge is 2.21. The number of hydrogen-bond acceptors (Lipinski definition) is 2. The first kappa shape index (κ1) is 15.2. The maximum absolute atomic E-state index is 5.65. The van der Waals surface area contributed by atoms with E-state index in [0.29, 0.717) is 18.3 Å². The Balaban J connectivity index is 1.56. The summed E-state index contributed by atoms with van der Waals surface area (Å²) in [6, 6.07) is 18.5. The second-order valence-electron chi connectivity index (χ2n) is 5.66. The Morgan fingerprint density at radius 1 is 1.13 bits per heavy atom. The van der Waals surface area contributed by atoms with Crippen molar-refractivity contribution in [3.63, 3.8) is 0 Å². The van der Waals surface area contributed by atoms with Crippen LogP contribution in [0.15, 0.2) is 90.9 Å². The van der Waals surface area contributed by atoms with Crippen LogP contribution < -0.4 is 5.32 Å². The normalized spacial score (nSPS) is 18.0. The molecule has 3 rings (SSSR count). The predicted molar refractivity (Wildman–Crippen MR) is 96.1 cm³/mol. The van der Waals surface area contributed by atoms with Crippen LogP contribution in [0.5, 0.6) is 0 Å². The molecule has 1 heterocycles. The molecule has 1 N–H and O–H groups in total. The quantitative estimate of drug-likeness (QED) is 0.591. The monoisotopic (exact) mass is 303 g/mol. The Morgan fingerprint density at radius 2 is 1.87 bits per heavy atom. The van der Waals surface area contributed by atoms with Crippen LogP contribution in [-0.4, -0.2) is 0 Å². The summed E-state index contributed by atoms with van der Waals surface area (Å²) in [6.45, 7) is 6.68.